The number of nitrogens with one attached hydrogen (secondary N) is 1. The largest absolute Gasteiger partial charge is 0.477 e. The first kappa shape index (κ1) is 24.8. The summed E-state index contributed by atoms with van der Waals surface area (Å²) >= 11 is 0. The minimum absolute atomic E-state index is 0.0149. The van der Waals surface area contributed by atoms with E-state index in [9.17, 15) is 9.90 Å². The van der Waals surface area contributed by atoms with Crippen LogP contribution in [-0.4, -0.2) is 30.6 Å². The summed E-state index contributed by atoms with van der Waals surface area (Å²) in [6.45, 7) is 0. The lowest BCUT2D eigenvalue weighted by Gasteiger charge is -2.11. The van der Waals surface area contributed by atoms with Gasteiger partial charge < -0.3 is 10.1 Å². The van der Waals surface area contributed by atoms with Gasteiger partial charge in [-0.1, -0.05) is 91.0 Å². The molecular formula is C37H24N4O2. The van der Waals surface area contributed by atoms with E-state index in [2.05, 4.69) is 63.1 Å². The number of pyridine rings is 1. The number of nitrogens with zero attached hydrogens (tertiary/aromatic N) is 3. The molecule has 0 saturated carbocycles. The van der Waals surface area contributed by atoms with E-state index in [1.165, 1.54) is 0 Å². The number of rotatable bonds is 5. The molecule has 2 N–H and O–H groups in total. The van der Waals surface area contributed by atoms with Crippen LogP contribution in [0.3, 0.4) is 0 Å². The zero-order valence-corrected chi connectivity index (χ0v) is 22.9. The van der Waals surface area contributed by atoms with Crippen molar-refractivity contribution < 1.29 is 9.90 Å². The zero-order valence-electron chi connectivity index (χ0n) is 22.9. The molecular weight excluding hydrogens is 532 g/mol. The van der Waals surface area contributed by atoms with Gasteiger partial charge in [-0.05, 0) is 53.6 Å². The molecule has 8 rings (SSSR count). The molecule has 8 aromatic rings. The lowest BCUT2D eigenvalue weighted by atomic mass is 10.0. The first-order valence-electron chi connectivity index (χ1n) is 14.0. The third-order valence-electron chi connectivity index (χ3n) is 7.91. The number of carboxylic acids is 1. The molecule has 0 bridgehead atoms. The molecule has 204 valence electrons. The molecule has 3 aromatic heterocycles. The Morgan fingerprint density at radius 3 is 2.16 bits per heavy atom. The van der Waals surface area contributed by atoms with Crippen molar-refractivity contribution in [1.29, 1.82) is 0 Å². The number of carbonyl (C=O) groups is 1. The summed E-state index contributed by atoms with van der Waals surface area (Å²) < 4.78 is 2.16. The molecule has 0 fully saturated rings. The highest BCUT2D eigenvalue weighted by Gasteiger charge is 2.21. The topological polar surface area (TPSA) is 83.8 Å². The fraction of sp³-hybridized carbons (Fsp3) is 0. The van der Waals surface area contributed by atoms with Gasteiger partial charge in [-0.3, -0.25) is 4.57 Å². The van der Waals surface area contributed by atoms with Gasteiger partial charge in [0, 0.05) is 33.1 Å². The standard InChI is InChI=1S/C37H24N4O2/c42-37(43)32-22-24(23-11-3-1-4-12-23)21-31(38-32)28-17-10-20-33-35(28)40-36(41(33)25-13-5-2-6-14-25)29-18-9-16-27-26-15-7-8-19-30(26)39-34(27)29/h1-22,39H,(H,42,43). The number of carboxylic acid groups (broad SMARTS) is 1. The van der Waals surface area contributed by atoms with Crippen LogP contribution >= 0.6 is 0 Å². The van der Waals surface area contributed by atoms with E-state index in [4.69, 9.17) is 4.98 Å². The number of H-pyrrole nitrogens is 1. The highest BCUT2D eigenvalue weighted by molar-refractivity contribution is 6.12. The predicted molar refractivity (Wildman–Crippen MR) is 171 cm³/mol. The van der Waals surface area contributed by atoms with Crippen LogP contribution in [0.5, 0.6) is 0 Å². The molecule has 5 aromatic carbocycles. The predicted octanol–water partition coefficient (Wildman–Crippen LogP) is 8.75. The van der Waals surface area contributed by atoms with Gasteiger partial charge in [-0.15, -0.1) is 0 Å². The van der Waals surface area contributed by atoms with Crippen molar-refractivity contribution in [2.45, 2.75) is 0 Å². The summed E-state index contributed by atoms with van der Waals surface area (Å²) in [5.41, 5.74) is 8.66. The maximum absolute atomic E-state index is 12.2. The Bertz CT molecular complexity index is 2320. The smallest absolute Gasteiger partial charge is 0.354 e. The Morgan fingerprint density at radius 1 is 0.651 bits per heavy atom. The quantitative estimate of drug-likeness (QED) is 0.222. The normalized spacial score (nSPS) is 11.4. The first-order chi connectivity index (χ1) is 21.2. The average Bonchev–Trinajstić information content (AvgIpc) is 3.64. The molecule has 0 atom stereocenters. The van der Waals surface area contributed by atoms with Crippen LogP contribution in [0.15, 0.2) is 133 Å². The number of para-hydroxylation sites is 4. The SMILES string of the molecule is O=C(O)c1cc(-c2ccccc2)cc(-c2cccc3c2nc(-c2cccc4c2[nH]c2ccccc24)n3-c2ccccc2)n1. The Hall–Kier alpha value is -6.01. The number of hydrogen-bond acceptors (Lipinski definition) is 3. The number of fused-ring (bicyclic) bond motifs is 4. The van der Waals surface area contributed by atoms with E-state index in [-0.39, 0.29) is 5.69 Å². The Balaban J connectivity index is 1.43. The zero-order chi connectivity index (χ0) is 28.9. The van der Waals surface area contributed by atoms with Crippen molar-refractivity contribution in [3.05, 3.63) is 139 Å². The number of hydrogen-bond donors (Lipinski definition) is 2. The molecule has 0 saturated heterocycles. The summed E-state index contributed by atoms with van der Waals surface area (Å²) in [7, 11) is 0. The fourth-order valence-corrected chi connectivity index (χ4v) is 5.96. The van der Waals surface area contributed by atoms with E-state index in [1.54, 1.807) is 6.07 Å². The minimum Gasteiger partial charge on any atom is -0.477 e. The summed E-state index contributed by atoms with van der Waals surface area (Å²) in [4.78, 5) is 25.7. The summed E-state index contributed by atoms with van der Waals surface area (Å²) in [6, 6.07) is 44.0. The van der Waals surface area contributed by atoms with E-state index in [0.717, 1.165) is 66.6 Å². The van der Waals surface area contributed by atoms with Gasteiger partial charge in [-0.2, -0.15) is 0 Å². The van der Waals surface area contributed by atoms with Gasteiger partial charge in [0.25, 0.3) is 0 Å². The van der Waals surface area contributed by atoms with E-state index < -0.39 is 5.97 Å². The average molecular weight is 557 g/mol. The molecule has 0 aliphatic carbocycles. The molecule has 0 aliphatic heterocycles. The van der Waals surface area contributed by atoms with Crippen LogP contribution in [-0.2, 0) is 0 Å². The monoisotopic (exact) mass is 556 g/mol. The fourth-order valence-electron chi connectivity index (χ4n) is 5.96. The van der Waals surface area contributed by atoms with Gasteiger partial charge in [-0.25, -0.2) is 14.8 Å². The molecule has 0 spiro atoms. The molecule has 6 nitrogen and oxygen atoms in total. The Labute approximate surface area is 246 Å². The number of imidazole rings is 1. The van der Waals surface area contributed by atoms with Crippen LogP contribution < -0.4 is 0 Å². The van der Waals surface area contributed by atoms with Crippen molar-refractivity contribution in [2.75, 3.05) is 0 Å². The third kappa shape index (κ3) is 4.08. The van der Waals surface area contributed by atoms with Crippen LogP contribution in [0.1, 0.15) is 10.5 Å². The summed E-state index contributed by atoms with van der Waals surface area (Å²) in [5, 5.41) is 12.2. The van der Waals surface area contributed by atoms with E-state index in [1.807, 2.05) is 78.9 Å². The lowest BCUT2D eigenvalue weighted by Crippen LogP contribution is -2.02. The maximum atomic E-state index is 12.2. The van der Waals surface area contributed by atoms with Crippen molar-refractivity contribution in [3.8, 4) is 39.5 Å². The molecule has 0 amide bonds. The molecule has 3 heterocycles. The second-order valence-corrected chi connectivity index (χ2v) is 10.5. The van der Waals surface area contributed by atoms with Gasteiger partial charge in [0.15, 0.2) is 0 Å². The lowest BCUT2D eigenvalue weighted by molar-refractivity contribution is 0.0690. The van der Waals surface area contributed by atoms with Gasteiger partial charge in [0.1, 0.15) is 11.5 Å². The van der Waals surface area contributed by atoms with Gasteiger partial charge in [0.05, 0.1) is 22.2 Å². The van der Waals surface area contributed by atoms with Crippen LogP contribution in [0.4, 0.5) is 0 Å². The van der Waals surface area contributed by atoms with Crippen molar-refractivity contribution in [3.63, 3.8) is 0 Å². The van der Waals surface area contributed by atoms with Gasteiger partial charge in [0.2, 0.25) is 0 Å². The summed E-state index contributed by atoms with van der Waals surface area (Å²) in [6.07, 6.45) is 0. The minimum atomic E-state index is -1.08. The third-order valence-corrected chi connectivity index (χ3v) is 7.91. The Morgan fingerprint density at radius 2 is 1.35 bits per heavy atom. The van der Waals surface area contributed by atoms with Crippen LogP contribution in [0.2, 0.25) is 0 Å². The second kappa shape index (κ2) is 9.82. The maximum Gasteiger partial charge on any atom is 0.354 e. The van der Waals surface area contributed by atoms with E-state index in [0.29, 0.717) is 5.69 Å². The van der Waals surface area contributed by atoms with Crippen LogP contribution in [0, 0.1) is 0 Å². The molecule has 0 unspecified atom stereocenters. The van der Waals surface area contributed by atoms with Crippen molar-refractivity contribution >= 4 is 38.8 Å². The number of aromatic amines is 1. The van der Waals surface area contributed by atoms with Crippen molar-refractivity contribution in [2.24, 2.45) is 0 Å². The Kier molecular flexibility index (Phi) is 5.65. The van der Waals surface area contributed by atoms with E-state index >= 15 is 0 Å². The molecule has 0 radical (unpaired) electrons. The molecule has 0 aliphatic rings. The molecule has 43 heavy (non-hydrogen) atoms. The number of aromatic carboxylic acids is 1. The first-order valence-corrected chi connectivity index (χ1v) is 14.0. The number of benzene rings is 5. The van der Waals surface area contributed by atoms with Gasteiger partial charge >= 0.3 is 5.97 Å². The highest BCUT2D eigenvalue weighted by Crippen LogP contribution is 2.38. The number of aromatic nitrogens is 4. The van der Waals surface area contributed by atoms with Crippen LogP contribution in [0.25, 0.3) is 72.3 Å². The highest BCUT2D eigenvalue weighted by atomic mass is 16.4. The van der Waals surface area contributed by atoms with Crippen molar-refractivity contribution in [1.82, 2.24) is 19.5 Å². The second-order valence-electron chi connectivity index (χ2n) is 10.5. The summed E-state index contributed by atoms with van der Waals surface area (Å²) in [5.74, 6) is -0.296. The molecule has 6 heteroatoms.